The molecule has 0 unspecified atom stereocenters. The monoisotopic (exact) mass is 307 g/mol. The number of aryl methyl sites for hydroxylation is 1. The third kappa shape index (κ3) is 7.67. The number of nitrogens with zero attached hydrogens (tertiary/aromatic N) is 3. The zero-order valence-electron chi connectivity index (χ0n) is 10.9. The summed E-state index contributed by atoms with van der Waals surface area (Å²) in [6.07, 6.45) is 0. The molecule has 0 radical (unpaired) electrons. The predicted octanol–water partition coefficient (Wildman–Crippen LogP) is 2.94. The Morgan fingerprint density at radius 1 is 1.25 bits per heavy atom. The molecule has 0 aliphatic heterocycles. The van der Waals surface area contributed by atoms with Crippen LogP contribution in [0.2, 0.25) is 0 Å². The fraction of sp³-hybridized carbons (Fsp3) is 0.455. The van der Waals surface area contributed by atoms with Gasteiger partial charge in [-0.2, -0.15) is 8.42 Å². The van der Waals surface area contributed by atoms with E-state index in [-0.39, 0.29) is 11.4 Å². The Kier molecular flexibility index (Phi) is 9.27. The summed E-state index contributed by atoms with van der Waals surface area (Å²) in [5, 5.41) is 2.90. The van der Waals surface area contributed by atoms with Gasteiger partial charge >= 0.3 is 0 Å². The molecule has 6 nitrogen and oxygen atoms in total. The van der Waals surface area contributed by atoms with Crippen LogP contribution in [0.25, 0.3) is 10.4 Å². The van der Waals surface area contributed by atoms with Gasteiger partial charge in [0.2, 0.25) is 0 Å². The quantitative estimate of drug-likeness (QED) is 0.350. The average molecular weight is 307 g/mol. The van der Waals surface area contributed by atoms with Crippen molar-refractivity contribution in [3.05, 3.63) is 40.3 Å². The van der Waals surface area contributed by atoms with Crippen LogP contribution in [0.15, 0.2) is 34.3 Å². The van der Waals surface area contributed by atoms with Crippen molar-refractivity contribution in [3.63, 3.8) is 0 Å². The molecular formula is C11H15F2N3O3S. The van der Waals surface area contributed by atoms with Crippen LogP contribution >= 0.6 is 0 Å². The topological polar surface area (TPSA) is 92.1 Å². The van der Waals surface area contributed by atoms with Gasteiger partial charge in [0.1, 0.15) is 6.67 Å². The molecule has 0 spiro atoms. The van der Waals surface area contributed by atoms with Crippen LogP contribution in [0.1, 0.15) is 5.56 Å². The van der Waals surface area contributed by atoms with Crippen molar-refractivity contribution >= 4 is 10.1 Å². The van der Waals surface area contributed by atoms with Gasteiger partial charge in [0.05, 0.1) is 24.7 Å². The summed E-state index contributed by atoms with van der Waals surface area (Å²) < 4.78 is 49.7. The maximum Gasteiger partial charge on any atom is 0.297 e. The molecule has 0 aliphatic rings. The van der Waals surface area contributed by atoms with Crippen LogP contribution in [0.5, 0.6) is 0 Å². The summed E-state index contributed by atoms with van der Waals surface area (Å²) in [7, 11) is -3.78. The normalized spacial score (nSPS) is 10.2. The van der Waals surface area contributed by atoms with Crippen LogP contribution in [0, 0.1) is 6.92 Å². The van der Waals surface area contributed by atoms with Crippen molar-refractivity contribution in [2.45, 2.75) is 11.8 Å². The highest BCUT2D eigenvalue weighted by molar-refractivity contribution is 7.86. The van der Waals surface area contributed by atoms with E-state index in [4.69, 9.17) is 5.53 Å². The van der Waals surface area contributed by atoms with E-state index in [9.17, 15) is 17.2 Å². The smallest absolute Gasteiger partial charge is 0.264 e. The number of hydrogen-bond acceptors (Lipinski definition) is 4. The lowest BCUT2D eigenvalue weighted by molar-refractivity contribution is 0.277. The van der Waals surface area contributed by atoms with Crippen LogP contribution in [-0.2, 0) is 14.3 Å². The van der Waals surface area contributed by atoms with Gasteiger partial charge in [-0.3, -0.25) is 8.57 Å². The van der Waals surface area contributed by atoms with E-state index in [1.807, 2.05) is 6.92 Å². The minimum atomic E-state index is -3.78. The highest BCUT2D eigenvalue weighted by Crippen LogP contribution is 2.12. The van der Waals surface area contributed by atoms with Gasteiger partial charge in [0, 0.05) is 4.91 Å². The van der Waals surface area contributed by atoms with E-state index in [0.29, 0.717) is 0 Å². The van der Waals surface area contributed by atoms with Crippen LogP contribution in [0.4, 0.5) is 8.78 Å². The van der Waals surface area contributed by atoms with Crippen molar-refractivity contribution in [1.82, 2.24) is 0 Å². The molecule has 0 saturated carbocycles. The molecule has 20 heavy (non-hydrogen) atoms. The molecule has 0 N–H and O–H groups in total. The van der Waals surface area contributed by atoms with Crippen molar-refractivity contribution in [3.8, 4) is 0 Å². The molecule has 1 rings (SSSR count). The highest BCUT2D eigenvalue weighted by atomic mass is 32.2. The Bertz CT molecular complexity index is 528. The fourth-order valence-corrected chi connectivity index (χ4v) is 1.88. The van der Waals surface area contributed by atoms with E-state index in [1.165, 1.54) is 12.1 Å². The van der Waals surface area contributed by atoms with Gasteiger partial charge in [-0.05, 0) is 24.6 Å². The summed E-state index contributed by atoms with van der Waals surface area (Å²) in [6.45, 7) is -0.0132. The van der Waals surface area contributed by atoms with E-state index in [1.54, 1.807) is 12.1 Å². The van der Waals surface area contributed by atoms with E-state index < -0.39 is 30.1 Å². The average Bonchev–Trinajstić information content (AvgIpc) is 2.44. The Balaban J connectivity index is 0.000000511. The first-order chi connectivity index (χ1) is 9.47. The predicted molar refractivity (Wildman–Crippen MR) is 70.3 cm³/mol. The Morgan fingerprint density at radius 2 is 1.85 bits per heavy atom. The maximum atomic E-state index is 11.7. The number of azide groups is 1. The Hall–Kier alpha value is -1.70. The first-order valence-corrected chi connectivity index (χ1v) is 6.97. The lowest BCUT2D eigenvalue weighted by Crippen LogP contribution is -2.08. The van der Waals surface area contributed by atoms with Crippen LogP contribution in [-0.4, -0.2) is 34.9 Å². The van der Waals surface area contributed by atoms with E-state index in [2.05, 4.69) is 14.2 Å². The van der Waals surface area contributed by atoms with E-state index >= 15 is 0 Å². The second-order valence-corrected chi connectivity index (χ2v) is 5.04. The highest BCUT2D eigenvalue weighted by Gasteiger charge is 2.13. The SMILES string of the molecule is Cc1ccc(S(=O)(=O)OCCF)cc1.[N-]=[N+]=NCCF. The molecule has 112 valence electrons. The van der Waals surface area contributed by atoms with E-state index in [0.717, 1.165) is 5.56 Å². The molecule has 0 atom stereocenters. The lowest BCUT2D eigenvalue weighted by Gasteiger charge is -2.03. The molecule has 1 aromatic carbocycles. The first-order valence-electron chi connectivity index (χ1n) is 5.56. The molecule has 0 amide bonds. The molecule has 0 aromatic heterocycles. The van der Waals surface area contributed by atoms with Gasteiger partial charge in [-0.25, -0.2) is 4.39 Å². The zero-order chi connectivity index (χ0) is 15.4. The maximum absolute atomic E-state index is 11.7. The molecule has 0 bridgehead atoms. The third-order valence-electron chi connectivity index (χ3n) is 1.87. The zero-order valence-corrected chi connectivity index (χ0v) is 11.7. The third-order valence-corrected chi connectivity index (χ3v) is 3.20. The first kappa shape index (κ1) is 18.3. The van der Waals surface area contributed by atoms with Crippen molar-refractivity contribution < 1.29 is 21.4 Å². The summed E-state index contributed by atoms with van der Waals surface area (Å²) in [4.78, 5) is 2.36. The molecule has 0 fully saturated rings. The summed E-state index contributed by atoms with van der Waals surface area (Å²) in [5.74, 6) is 0. The van der Waals surface area contributed by atoms with Gasteiger partial charge in [-0.1, -0.05) is 22.8 Å². The minimum Gasteiger partial charge on any atom is -0.264 e. The second kappa shape index (κ2) is 10.1. The fourth-order valence-electron chi connectivity index (χ4n) is 0.997. The van der Waals surface area contributed by atoms with Gasteiger partial charge in [0.25, 0.3) is 10.1 Å². The molecule has 0 heterocycles. The summed E-state index contributed by atoms with van der Waals surface area (Å²) in [6, 6.07) is 6.18. The van der Waals surface area contributed by atoms with Gasteiger partial charge in [-0.15, -0.1) is 0 Å². The Morgan fingerprint density at radius 3 is 2.25 bits per heavy atom. The van der Waals surface area contributed by atoms with Crippen molar-refractivity contribution in [2.24, 2.45) is 5.11 Å². The minimum absolute atomic E-state index is 0.0451. The number of halogens is 2. The standard InChI is InChI=1S/C9H11FO3S.C2H4FN3/c1-8-2-4-9(5-3-8)14(11,12)13-7-6-10;3-1-2-5-6-4/h2-5H,6-7H2,1H3;1-2H2. The molecule has 0 saturated heterocycles. The summed E-state index contributed by atoms with van der Waals surface area (Å²) in [5.41, 5.74) is 8.44. The Labute approximate surface area is 116 Å². The molecular weight excluding hydrogens is 292 g/mol. The molecule has 0 aliphatic carbocycles. The number of benzene rings is 1. The van der Waals surface area contributed by atoms with Crippen molar-refractivity contribution in [2.75, 3.05) is 26.5 Å². The second-order valence-electron chi connectivity index (χ2n) is 3.42. The van der Waals surface area contributed by atoms with Gasteiger partial charge in [0.15, 0.2) is 0 Å². The van der Waals surface area contributed by atoms with Crippen molar-refractivity contribution in [1.29, 1.82) is 0 Å². The number of hydrogen-bond donors (Lipinski definition) is 0. The number of rotatable bonds is 6. The largest absolute Gasteiger partial charge is 0.297 e. The molecule has 9 heteroatoms. The van der Waals surface area contributed by atoms with Crippen LogP contribution in [0.3, 0.4) is 0 Å². The van der Waals surface area contributed by atoms with Gasteiger partial charge < -0.3 is 0 Å². The lowest BCUT2D eigenvalue weighted by atomic mass is 10.2. The van der Waals surface area contributed by atoms with Crippen LogP contribution < -0.4 is 0 Å². The molecule has 1 aromatic rings. The number of alkyl halides is 2. The summed E-state index contributed by atoms with van der Waals surface area (Å²) >= 11 is 0.